The molecule has 0 aliphatic carbocycles. The van der Waals surface area contributed by atoms with Gasteiger partial charge in [-0.15, -0.1) is 0 Å². The molecule has 0 aromatic carbocycles. The Morgan fingerprint density at radius 3 is 2.72 bits per heavy atom. The molecule has 2 heterocycles. The zero-order valence-electron chi connectivity index (χ0n) is 10.2. The molecule has 2 aliphatic rings. The molecule has 0 bridgehead atoms. The Balaban J connectivity index is 1.98. The van der Waals surface area contributed by atoms with Crippen LogP contribution in [0.25, 0.3) is 0 Å². The summed E-state index contributed by atoms with van der Waals surface area (Å²) in [7, 11) is 0. The number of imide groups is 1. The van der Waals surface area contributed by atoms with Gasteiger partial charge in [0.25, 0.3) is 0 Å². The first-order valence-electron chi connectivity index (χ1n) is 5.94. The number of carboxylic acid groups (broad SMARTS) is 1. The molecule has 0 spiro atoms. The normalized spacial score (nSPS) is 28.5. The topological polar surface area (TPSA) is 87.2 Å². The van der Waals surface area contributed by atoms with E-state index < -0.39 is 24.0 Å². The van der Waals surface area contributed by atoms with Crippen molar-refractivity contribution in [2.75, 3.05) is 26.2 Å². The van der Waals surface area contributed by atoms with Crippen molar-refractivity contribution in [3.8, 4) is 0 Å². The summed E-state index contributed by atoms with van der Waals surface area (Å²) < 4.78 is 4.68. The first kappa shape index (κ1) is 12.8. The van der Waals surface area contributed by atoms with Crippen molar-refractivity contribution in [2.24, 2.45) is 5.92 Å². The molecule has 7 nitrogen and oxygen atoms in total. The summed E-state index contributed by atoms with van der Waals surface area (Å²) in [5.41, 5.74) is 0. The number of carbonyl (C=O) groups is 3. The number of ether oxygens (including phenoxy) is 1. The molecule has 0 saturated carbocycles. The minimum absolute atomic E-state index is 0.0147. The third-order valence-corrected chi connectivity index (χ3v) is 3.46. The van der Waals surface area contributed by atoms with E-state index >= 15 is 0 Å². The van der Waals surface area contributed by atoms with Gasteiger partial charge in [-0.1, -0.05) is 6.92 Å². The van der Waals surface area contributed by atoms with Crippen LogP contribution in [0.3, 0.4) is 0 Å². The van der Waals surface area contributed by atoms with E-state index in [9.17, 15) is 14.4 Å². The maximum Gasteiger partial charge on any atom is 0.416 e. The second kappa shape index (κ2) is 4.93. The van der Waals surface area contributed by atoms with E-state index in [1.54, 1.807) is 4.90 Å². The van der Waals surface area contributed by atoms with Gasteiger partial charge in [-0.25, -0.2) is 9.69 Å². The quantitative estimate of drug-likeness (QED) is 0.750. The SMILES string of the molecule is CC1CCN(CC(=O)N2CCOC2=O)C1C(=O)O. The minimum Gasteiger partial charge on any atom is -0.480 e. The molecule has 2 amide bonds. The summed E-state index contributed by atoms with van der Waals surface area (Å²) in [5.74, 6) is -1.30. The van der Waals surface area contributed by atoms with Crippen LogP contribution < -0.4 is 0 Å². The van der Waals surface area contributed by atoms with Crippen LogP contribution in [0.15, 0.2) is 0 Å². The highest BCUT2D eigenvalue weighted by atomic mass is 16.6. The van der Waals surface area contributed by atoms with Crippen LogP contribution in [0.2, 0.25) is 0 Å². The Hall–Kier alpha value is -1.63. The molecule has 2 fully saturated rings. The van der Waals surface area contributed by atoms with E-state index in [1.165, 1.54) is 0 Å². The first-order valence-corrected chi connectivity index (χ1v) is 5.94. The van der Waals surface area contributed by atoms with Gasteiger partial charge in [0, 0.05) is 0 Å². The molecule has 0 aromatic heterocycles. The second-order valence-electron chi connectivity index (χ2n) is 4.68. The van der Waals surface area contributed by atoms with Crippen LogP contribution in [0.4, 0.5) is 4.79 Å². The van der Waals surface area contributed by atoms with Crippen LogP contribution in [0.5, 0.6) is 0 Å². The van der Waals surface area contributed by atoms with Crippen LogP contribution >= 0.6 is 0 Å². The molecule has 2 atom stereocenters. The van der Waals surface area contributed by atoms with E-state index in [2.05, 4.69) is 4.74 Å². The fourth-order valence-electron chi connectivity index (χ4n) is 2.48. The van der Waals surface area contributed by atoms with Gasteiger partial charge in [-0.3, -0.25) is 14.5 Å². The number of rotatable bonds is 3. The van der Waals surface area contributed by atoms with Gasteiger partial charge in [-0.05, 0) is 18.9 Å². The average molecular weight is 256 g/mol. The zero-order chi connectivity index (χ0) is 13.3. The van der Waals surface area contributed by atoms with Crippen molar-refractivity contribution >= 4 is 18.0 Å². The summed E-state index contributed by atoms with van der Waals surface area (Å²) in [5, 5.41) is 9.13. The number of cyclic esters (lactones) is 1. The monoisotopic (exact) mass is 256 g/mol. The van der Waals surface area contributed by atoms with Crippen LogP contribution in [0.1, 0.15) is 13.3 Å². The van der Waals surface area contributed by atoms with E-state index in [4.69, 9.17) is 5.11 Å². The summed E-state index contributed by atoms with van der Waals surface area (Å²) in [4.78, 5) is 36.9. The lowest BCUT2D eigenvalue weighted by Crippen LogP contribution is -2.46. The smallest absolute Gasteiger partial charge is 0.416 e. The number of hydrogen-bond acceptors (Lipinski definition) is 5. The molecule has 100 valence electrons. The van der Waals surface area contributed by atoms with Crippen LogP contribution in [-0.2, 0) is 14.3 Å². The number of amides is 2. The molecule has 0 aromatic rings. The zero-order valence-corrected chi connectivity index (χ0v) is 10.2. The summed E-state index contributed by atoms with van der Waals surface area (Å²) in [6, 6.07) is -0.646. The lowest BCUT2D eigenvalue weighted by molar-refractivity contribution is -0.144. The predicted molar refractivity (Wildman–Crippen MR) is 59.8 cm³/mol. The van der Waals surface area contributed by atoms with E-state index in [0.29, 0.717) is 6.54 Å². The van der Waals surface area contributed by atoms with Gasteiger partial charge in [0.2, 0.25) is 5.91 Å². The maximum absolute atomic E-state index is 11.9. The van der Waals surface area contributed by atoms with Gasteiger partial charge >= 0.3 is 12.1 Å². The van der Waals surface area contributed by atoms with Crippen LogP contribution in [-0.4, -0.2) is 65.2 Å². The fourth-order valence-corrected chi connectivity index (χ4v) is 2.48. The Morgan fingerprint density at radius 1 is 1.44 bits per heavy atom. The van der Waals surface area contributed by atoms with Gasteiger partial charge < -0.3 is 9.84 Å². The Bertz CT molecular complexity index is 384. The summed E-state index contributed by atoms with van der Waals surface area (Å²) in [6.45, 7) is 2.83. The Kier molecular flexibility index (Phi) is 3.51. The lowest BCUT2D eigenvalue weighted by atomic mass is 10.0. The fraction of sp³-hybridized carbons (Fsp3) is 0.727. The first-order chi connectivity index (χ1) is 8.50. The van der Waals surface area contributed by atoms with Crippen molar-refractivity contribution in [1.29, 1.82) is 0 Å². The lowest BCUT2D eigenvalue weighted by Gasteiger charge is -2.23. The van der Waals surface area contributed by atoms with Gasteiger partial charge in [0.15, 0.2) is 0 Å². The second-order valence-corrected chi connectivity index (χ2v) is 4.68. The largest absolute Gasteiger partial charge is 0.480 e. The molecular weight excluding hydrogens is 240 g/mol. The van der Waals surface area contributed by atoms with Gasteiger partial charge in [0.05, 0.1) is 13.1 Å². The number of likely N-dealkylation sites (tertiary alicyclic amines) is 1. The van der Waals surface area contributed by atoms with Crippen molar-refractivity contribution in [1.82, 2.24) is 9.80 Å². The van der Waals surface area contributed by atoms with Crippen molar-refractivity contribution in [2.45, 2.75) is 19.4 Å². The highest BCUT2D eigenvalue weighted by Gasteiger charge is 2.39. The number of aliphatic carboxylic acids is 1. The average Bonchev–Trinajstić information content (AvgIpc) is 2.85. The highest BCUT2D eigenvalue weighted by molar-refractivity contribution is 5.94. The molecule has 0 radical (unpaired) electrons. The van der Waals surface area contributed by atoms with Gasteiger partial charge in [0.1, 0.15) is 12.6 Å². The third kappa shape index (κ3) is 2.31. The number of nitrogens with zero attached hydrogens (tertiary/aromatic N) is 2. The van der Waals surface area contributed by atoms with E-state index in [0.717, 1.165) is 11.3 Å². The van der Waals surface area contributed by atoms with Gasteiger partial charge in [-0.2, -0.15) is 0 Å². The summed E-state index contributed by atoms with van der Waals surface area (Å²) >= 11 is 0. The standard InChI is InChI=1S/C11H16N2O5/c1-7-2-3-12(9(7)10(15)16)6-8(14)13-4-5-18-11(13)17/h7,9H,2-6H2,1H3,(H,15,16). The minimum atomic E-state index is -0.920. The third-order valence-electron chi connectivity index (χ3n) is 3.46. The molecule has 7 heteroatoms. The molecule has 2 saturated heterocycles. The summed E-state index contributed by atoms with van der Waals surface area (Å²) in [6.07, 6.45) is 0.105. The highest BCUT2D eigenvalue weighted by Crippen LogP contribution is 2.24. The number of carbonyl (C=O) groups excluding carboxylic acids is 2. The molecule has 2 aliphatic heterocycles. The number of carboxylic acids is 1. The molecule has 1 N–H and O–H groups in total. The predicted octanol–water partition coefficient (Wildman–Crippen LogP) is -0.240. The number of hydrogen-bond donors (Lipinski definition) is 1. The Morgan fingerprint density at radius 2 is 2.17 bits per heavy atom. The maximum atomic E-state index is 11.9. The molecular formula is C11H16N2O5. The molecule has 2 unspecified atom stereocenters. The van der Waals surface area contributed by atoms with E-state index in [1.807, 2.05) is 6.92 Å². The Labute approximate surface area is 104 Å². The molecule has 2 rings (SSSR count). The molecule has 18 heavy (non-hydrogen) atoms. The van der Waals surface area contributed by atoms with Crippen molar-refractivity contribution < 1.29 is 24.2 Å². The van der Waals surface area contributed by atoms with E-state index in [-0.39, 0.29) is 25.6 Å². The van der Waals surface area contributed by atoms with Crippen molar-refractivity contribution in [3.05, 3.63) is 0 Å². The van der Waals surface area contributed by atoms with Crippen LogP contribution in [0, 0.1) is 5.92 Å². The van der Waals surface area contributed by atoms with Crippen molar-refractivity contribution in [3.63, 3.8) is 0 Å².